The van der Waals surface area contributed by atoms with E-state index in [4.69, 9.17) is 0 Å². The third kappa shape index (κ3) is 1.13. The number of non-ortho nitro benzene ring substituents is 1. The summed E-state index contributed by atoms with van der Waals surface area (Å²) in [5.41, 5.74) is 0.772. The van der Waals surface area contributed by atoms with E-state index in [0.29, 0.717) is 11.0 Å². The Labute approximate surface area is 78.5 Å². The molecule has 0 spiro atoms. The van der Waals surface area contributed by atoms with Crippen LogP contribution in [0.3, 0.4) is 0 Å². The number of halogens is 1. The lowest BCUT2D eigenvalue weighted by Crippen LogP contribution is -2.03. The van der Waals surface area contributed by atoms with Gasteiger partial charge in [0.25, 0.3) is 5.69 Å². The molecular formula is C7H5BFN3O2. The lowest BCUT2D eigenvalue weighted by atomic mass is 9.94. The standard InChI is InChI=1S/C7H5BFN3O2/c8-3-1-4-6(7(9)11-10-4)5(2-3)12(13)14/h1-2H,8H2,(H,10,11). The van der Waals surface area contributed by atoms with Gasteiger partial charge < -0.3 is 0 Å². The molecule has 0 aliphatic rings. The van der Waals surface area contributed by atoms with Crippen molar-refractivity contribution in [2.24, 2.45) is 0 Å². The van der Waals surface area contributed by atoms with E-state index in [1.165, 1.54) is 6.07 Å². The lowest BCUT2D eigenvalue weighted by molar-refractivity contribution is -0.383. The molecule has 5 nitrogen and oxygen atoms in total. The molecule has 1 aromatic carbocycles. The molecule has 2 rings (SSSR count). The largest absolute Gasteiger partial charge is 0.282 e. The minimum absolute atomic E-state index is 0.0689. The topological polar surface area (TPSA) is 71.8 Å². The number of benzene rings is 1. The van der Waals surface area contributed by atoms with Crippen molar-refractivity contribution in [3.8, 4) is 0 Å². The number of aromatic nitrogens is 2. The summed E-state index contributed by atoms with van der Waals surface area (Å²) >= 11 is 0. The number of nitro benzene ring substituents is 1. The number of rotatable bonds is 1. The predicted octanol–water partition coefficient (Wildman–Crippen LogP) is -0.131. The molecule has 7 heteroatoms. The maximum Gasteiger partial charge on any atom is 0.282 e. The van der Waals surface area contributed by atoms with Gasteiger partial charge in [0, 0.05) is 6.07 Å². The average Bonchev–Trinajstić information content (AvgIpc) is 2.46. The summed E-state index contributed by atoms with van der Waals surface area (Å²) in [6, 6.07) is 2.93. The Balaban J connectivity index is 2.90. The maximum absolute atomic E-state index is 13.1. The monoisotopic (exact) mass is 193 g/mol. The summed E-state index contributed by atoms with van der Waals surface area (Å²) in [4.78, 5) is 10.00. The van der Waals surface area contributed by atoms with Crippen molar-refractivity contribution in [3.63, 3.8) is 0 Å². The van der Waals surface area contributed by atoms with Crippen molar-refractivity contribution >= 4 is 29.9 Å². The van der Waals surface area contributed by atoms with Gasteiger partial charge in [-0.2, -0.15) is 4.39 Å². The molecule has 70 valence electrons. The Hall–Kier alpha value is -1.92. The predicted molar refractivity (Wildman–Crippen MR) is 50.9 cm³/mol. The van der Waals surface area contributed by atoms with Crippen molar-refractivity contribution < 1.29 is 9.31 Å². The summed E-state index contributed by atoms with van der Waals surface area (Å²) in [6.45, 7) is 0. The minimum Gasteiger partial charge on any atom is -0.275 e. The third-order valence-corrected chi connectivity index (χ3v) is 1.94. The summed E-state index contributed by atoms with van der Waals surface area (Å²) in [6.07, 6.45) is 0. The van der Waals surface area contributed by atoms with Crippen molar-refractivity contribution in [2.75, 3.05) is 0 Å². The molecule has 0 saturated carbocycles. The van der Waals surface area contributed by atoms with E-state index in [0.717, 1.165) is 0 Å². The third-order valence-electron chi connectivity index (χ3n) is 1.94. The van der Waals surface area contributed by atoms with Crippen LogP contribution < -0.4 is 5.46 Å². The van der Waals surface area contributed by atoms with E-state index in [9.17, 15) is 14.5 Å². The van der Waals surface area contributed by atoms with Crippen LogP contribution in [0, 0.1) is 16.1 Å². The van der Waals surface area contributed by atoms with Gasteiger partial charge in [-0.25, -0.2) is 0 Å². The van der Waals surface area contributed by atoms with E-state index in [-0.39, 0.29) is 11.1 Å². The van der Waals surface area contributed by atoms with Crippen LogP contribution in [-0.2, 0) is 0 Å². The second kappa shape index (κ2) is 2.79. The van der Waals surface area contributed by atoms with Gasteiger partial charge in [-0.1, -0.05) is 5.46 Å². The van der Waals surface area contributed by atoms with Crippen molar-refractivity contribution in [1.82, 2.24) is 10.2 Å². The molecule has 0 amide bonds. The van der Waals surface area contributed by atoms with Gasteiger partial charge in [0.2, 0.25) is 5.95 Å². The molecule has 0 unspecified atom stereocenters. The Morgan fingerprint density at radius 3 is 2.93 bits per heavy atom. The van der Waals surface area contributed by atoms with Gasteiger partial charge in [-0.05, 0) is 6.07 Å². The van der Waals surface area contributed by atoms with Gasteiger partial charge in [-0.15, -0.1) is 5.10 Å². The highest BCUT2D eigenvalue weighted by molar-refractivity contribution is 6.33. The van der Waals surface area contributed by atoms with E-state index < -0.39 is 10.9 Å². The van der Waals surface area contributed by atoms with Crippen LogP contribution in [0.5, 0.6) is 0 Å². The Morgan fingerprint density at radius 2 is 2.29 bits per heavy atom. The molecule has 0 atom stereocenters. The smallest absolute Gasteiger partial charge is 0.275 e. The van der Waals surface area contributed by atoms with Crippen molar-refractivity contribution in [2.45, 2.75) is 0 Å². The van der Waals surface area contributed by atoms with Gasteiger partial charge in [0.15, 0.2) is 0 Å². The number of H-pyrrole nitrogens is 1. The first kappa shape index (κ1) is 8.67. The van der Waals surface area contributed by atoms with Gasteiger partial charge >= 0.3 is 0 Å². The zero-order valence-electron chi connectivity index (χ0n) is 7.24. The van der Waals surface area contributed by atoms with Crippen LogP contribution in [-0.4, -0.2) is 23.0 Å². The molecule has 0 bridgehead atoms. The van der Waals surface area contributed by atoms with E-state index >= 15 is 0 Å². The Morgan fingerprint density at radius 1 is 1.57 bits per heavy atom. The van der Waals surface area contributed by atoms with Gasteiger partial charge in [0.1, 0.15) is 13.2 Å². The number of nitrogens with one attached hydrogen (secondary N) is 1. The highest BCUT2D eigenvalue weighted by Crippen LogP contribution is 2.24. The number of hydrogen-bond donors (Lipinski definition) is 1. The zero-order chi connectivity index (χ0) is 10.3. The number of aromatic amines is 1. The highest BCUT2D eigenvalue weighted by atomic mass is 19.1. The summed E-state index contributed by atoms with van der Waals surface area (Å²) in [5, 5.41) is 16.2. The first-order valence-electron chi connectivity index (χ1n) is 3.88. The Kier molecular flexibility index (Phi) is 1.73. The second-order valence-electron chi connectivity index (χ2n) is 2.98. The molecule has 0 saturated heterocycles. The Bertz CT molecular complexity index is 525. The van der Waals surface area contributed by atoms with Crippen LogP contribution in [0.1, 0.15) is 0 Å². The summed E-state index contributed by atoms with van der Waals surface area (Å²) in [5.74, 6) is -0.841. The van der Waals surface area contributed by atoms with Crippen LogP contribution in [0.2, 0.25) is 0 Å². The second-order valence-corrected chi connectivity index (χ2v) is 2.98. The number of fused-ring (bicyclic) bond motifs is 1. The van der Waals surface area contributed by atoms with Gasteiger partial charge in [0.05, 0.1) is 10.4 Å². The highest BCUT2D eigenvalue weighted by Gasteiger charge is 2.18. The number of nitrogens with zero attached hydrogens (tertiary/aromatic N) is 2. The first-order chi connectivity index (χ1) is 6.59. The molecule has 1 heterocycles. The fourth-order valence-electron chi connectivity index (χ4n) is 1.38. The van der Waals surface area contributed by atoms with Crippen molar-refractivity contribution in [3.05, 3.63) is 28.2 Å². The van der Waals surface area contributed by atoms with Crippen LogP contribution >= 0.6 is 0 Å². The van der Waals surface area contributed by atoms with Crippen LogP contribution in [0.25, 0.3) is 10.9 Å². The molecule has 1 N–H and O–H groups in total. The van der Waals surface area contributed by atoms with Crippen LogP contribution in [0.4, 0.5) is 10.1 Å². The van der Waals surface area contributed by atoms with Crippen LogP contribution in [0.15, 0.2) is 12.1 Å². The maximum atomic E-state index is 13.1. The molecule has 14 heavy (non-hydrogen) atoms. The summed E-state index contributed by atoms with van der Waals surface area (Å²) in [7, 11) is 1.70. The molecule has 1 aromatic heterocycles. The van der Waals surface area contributed by atoms with Gasteiger partial charge in [-0.3, -0.25) is 15.2 Å². The molecule has 0 aliphatic heterocycles. The molecular weight excluding hydrogens is 188 g/mol. The minimum atomic E-state index is -0.841. The first-order valence-corrected chi connectivity index (χ1v) is 3.88. The molecule has 0 aliphatic carbocycles. The quantitative estimate of drug-likeness (QED) is 0.389. The molecule has 0 fully saturated rings. The molecule has 0 radical (unpaired) electrons. The lowest BCUT2D eigenvalue weighted by Gasteiger charge is -1.95. The number of nitro groups is 1. The SMILES string of the molecule is Bc1cc([N+](=O)[O-])c2c(F)n[nH]c2c1. The fraction of sp³-hybridized carbons (Fsp3) is 0. The molecule has 2 aromatic rings. The average molecular weight is 193 g/mol. The number of hydrogen-bond acceptors (Lipinski definition) is 3. The summed E-state index contributed by atoms with van der Waals surface area (Å²) < 4.78 is 13.1. The van der Waals surface area contributed by atoms with E-state index in [1.807, 2.05) is 0 Å². The van der Waals surface area contributed by atoms with Crippen molar-refractivity contribution in [1.29, 1.82) is 0 Å². The van der Waals surface area contributed by atoms with E-state index in [1.54, 1.807) is 13.9 Å². The normalized spacial score (nSPS) is 10.6. The zero-order valence-corrected chi connectivity index (χ0v) is 7.24. The van der Waals surface area contributed by atoms with E-state index in [2.05, 4.69) is 10.2 Å². The fourth-order valence-corrected chi connectivity index (χ4v) is 1.38.